The van der Waals surface area contributed by atoms with Crippen LogP contribution >= 0.6 is 0 Å². The number of hydrogen-bond acceptors (Lipinski definition) is 1. The van der Waals surface area contributed by atoms with Gasteiger partial charge in [-0.1, -0.05) is 40.5 Å². The van der Waals surface area contributed by atoms with Gasteiger partial charge in [0, 0.05) is 19.0 Å². The highest BCUT2D eigenvalue weighted by Gasteiger charge is 2.36. The zero-order valence-corrected chi connectivity index (χ0v) is 13.2. The van der Waals surface area contributed by atoms with Gasteiger partial charge in [-0.05, 0) is 42.9 Å². The molecule has 1 amide bonds. The Morgan fingerprint density at radius 3 is 2.37 bits per heavy atom. The molecule has 2 rings (SSSR count). The topological polar surface area (TPSA) is 20.3 Å². The number of likely N-dealkylation sites (tertiary alicyclic amines) is 1. The molecular weight excluding hydrogens is 234 g/mol. The lowest BCUT2D eigenvalue weighted by Gasteiger charge is -2.33. The molecule has 0 radical (unpaired) electrons. The number of nitrogens with zero attached hydrogens (tertiary/aromatic N) is 1. The maximum Gasteiger partial charge on any atom is 0.223 e. The van der Waals surface area contributed by atoms with Crippen molar-refractivity contribution in [3.05, 3.63) is 0 Å². The van der Waals surface area contributed by atoms with Gasteiger partial charge in [0.2, 0.25) is 5.91 Å². The molecule has 1 aliphatic carbocycles. The molecule has 1 saturated heterocycles. The predicted octanol–water partition coefficient (Wildman–Crippen LogP) is 4.24. The minimum atomic E-state index is 0.234. The van der Waals surface area contributed by atoms with Crippen LogP contribution in [0.5, 0.6) is 0 Å². The average molecular weight is 265 g/mol. The van der Waals surface area contributed by atoms with Gasteiger partial charge in [-0.15, -0.1) is 0 Å². The second-order valence-electron chi connectivity index (χ2n) is 7.81. The lowest BCUT2D eigenvalue weighted by Crippen LogP contribution is -2.40. The number of carbonyl (C=O) groups is 1. The minimum absolute atomic E-state index is 0.234. The van der Waals surface area contributed by atoms with Crippen molar-refractivity contribution in [2.75, 3.05) is 6.54 Å². The van der Waals surface area contributed by atoms with Gasteiger partial charge in [-0.2, -0.15) is 0 Å². The summed E-state index contributed by atoms with van der Waals surface area (Å²) in [5.41, 5.74) is 0.234. The molecule has 0 bridgehead atoms. The van der Waals surface area contributed by atoms with Crippen molar-refractivity contribution in [2.24, 2.45) is 17.3 Å². The normalized spacial score (nSPS) is 26.9. The maximum absolute atomic E-state index is 12.6. The van der Waals surface area contributed by atoms with E-state index >= 15 is 0 Å². The van der Waals surface area contributed by atoms with Gasteiger partial charge in [0.05, 0.1) is 0 Å². The molecule has 0 spiro atoms. The Morgan fingerprint density at radius 2 is 1.79 bits per heavy atom. The SMILES string of the molecule is CC(CC(=O)N1CCCC1C1CCCC1)C(C)(C)C. The van der Waals surface area contributed by atoms with Gasteiger partial charge in [0.15, 0.2) is 0 Å². The Balaban J connectivity index is 1.94. The minimum Gasteiger partial charge on any atom is -0.339 e. The van der Waals surface area contributed by atoms with E-state index in [0.717, 1.165) is 18.9 Å². The number of rotatable bonds is 3. The molecule has 2 aliphatic rings. The Hall–Kier alpha value is -0.530. The van der Waals surface area contributed by atoms with E-state index in [4.69, 9.17) is 0 Å². The largest absolute Gasteiger partial charge is 0.339 e. The average Bonchev–Trinajstić information content (AvgIpc) is 2.98. The summed E-state index contributed by atoms with van der Waals surface area (Å²) in [5, 5.41) is 0. The van der Waals surface area contributed by atoms with E-state index in [2.05, 4.69) is 32.6 Å². The second kappa shape index (κ2) is 5.85. The number of amides is 1. The molecular formula is C17H31NO. The summed E-state index contributed by atoms with van der Waals surface area (Å²) >= 11 is 0. The summed E-state index contributed by atoms with van der Waals surface area (Å²) in [7, 11) is 0. The first-order chi connectivity index (χ1) is 8.89. The highest BCUT2D eigenvalue weighted by atomic mass is 16.2. The van der Waals surface area contributed by atoms with E-state index in [1.807, 2.05) is 0 Å². The summed E-state index contributed by atoms with van der Waals surface area (Å²) in [6.45, 7) is 9.95. The first-order valence-corrected chi connectivity index (χ1v) is 8.19. The van der Waals surface area contributed by atoms with Gasteiger partial charge in [0.1, 0.15) is 0 Å². The van der Waals surface area contributed by atoms with E-state index in [-0.39, 0.29) is 5.41 Å². The molecule has 1 heterocycles. The summed E-state index contributed by atoms with van der Waals surface area (Å²) in [4.78, 5) is 14.8. The van der Waals surface area contributed by atoms with Crippen molar-refractivity contribution in [1.82, 2.24) is 4.90 Å². The Morgan fingerprint density at radius 1 is 1.16 bits per heavy atom. The van der Waals surface area contributed by atoms with Crippen LogP contribution in [0.4, 0.5) is 0 Å². The van der Waals surface area contributed by atoms with Crippen LogP contribution < -0.4 is 0 Å². The molecule has 2 unspecified atom stereocenters. The molecule has 0 N–H and O–H groups in total. The molecule has 110 valence electrons. The van der Waals surface area contributed by atoms with Crippen LogP contribution in [0.15, 0.2) is 0 Å². The quantitative estimate of drug-likeness (QED) is 0.747. The van der Waals surface area contributed by atoms with E-state index in [0.29, 0.717) is 17.9 Å². The summed E-state index contributed by atoms with van der Waals surface area (Å²) in [6, 6.07) is 0.571. The van der Waals surface area contributed by atoms with E-state index in [9.17, 15) is 4.79 Å². The van der Waals surface area contributed by atoms with E-state index < -0.39 is 0 Å². The van der Waals surface area contributed by atoms with Crippen LogP contribution in [-0.2, 0) is 4.79 Å². The lowest BCUT2D eigenvalue weighted by molar-refractivity contribution is -0.134. The molecule has 1 saturated carbocycles. The summed E-state index contributed by atoms with van der Waals surface area (Å²) in [6.07, 6.45) is 8.65. The van der Waals surface area contributed by atoms with Gasteiger partial charge in [-0.3, -0.25) is 4.79 Å². The smallest absolute Gasteiger partial charge is 0.223 e. The van der Waals surface area contributed by atoms with Crippen LogP contribution in [0.25, 0.3) is 0 Å². The third-order valence-corrected chi connectivity index (χ3v) is 5.52. The Bertz CT molecular complexity index is 312. The summed E-state index contributed by atoms with van der Waals surface area (Å²) < 4.78 is 0. The van der Waals surface area contributed by atoms with Gasteiger partial charge in [0.25, 0.3) is 0 Å². The number of carbonyl (C=O) groups excluding carboxylic acids is 1. The van der Waals surface area contributed by atoms with Crippen molar-refractivity contribution < 1.29 is 4.79 Å². The molecule has 2 nitrogen and oxygen atoms in total. The van der Waals surface area contributed by atoms with Crippen molar-refractivity contribution >= 4 is 5.91 Å². The molecule has 0 aromatic carbocycles. The lowest BCUT2D eigenvalue weighted by atomic mass is 9.80. The fraction of sp³-hybridized carbons (Fsp3) is 0.941. The summed E-state index contributed by atoms with van der Waals surface area (Å²) in [5.74, 6) is 1.68. The standard InChI is InChI=1S/C17H31NO/c1-13(17(2,3)4)12-16(19)18-11-7-10-15(18)14-8-5-6-9-14/h13-15H,5-12H2,1-4H3. The zero-order chi connectivity index (χ0) is 14.0. The fourth-order valence-electron chi connectivity index (χ4n) is 3.62. The highest BCUT2D eigenvalue weighted by Crippen LogP contribution is 2.36. The molecule has 2 heteroatoms. The van der Waals surface area contributed by atoms with Crippen molar-refractivity contribution in [3.8, 4) is 0 Å². The van der Waals surface area contributed by atoms with Crippen LogP contribution in [0.1, 0.15) is 72.6 Å². The highest BCUT2D eigenvalue weighted by molar-refractivity contribution is 5.77. The third kappa shape index (κ3) is 3.52. The van der Waals surface area contributed by atoms with Crippen molar-refractivity contribution in [1.29, 1.82) is 0 Å². The molecule has 2 atom stereocenters. The molecule has 0 aromatic heterocycles. The molecule has 2 fully saturated rings. The van der Waals surface area contributed by atoms with Crippen molar-refractivity contribution in [3.63, 3.8) is 0 Å². The first kappa shape index (κ1) is 14.9. The Kier molecular flexibility index (Phi) is 4.58. The second-order valence-corrected chi connectivity index (χ2v) is 7.81. The van der Waals surface area contributed by atoms with Gasteiger partial charge in [-0.25, -0.2) is 0 Å². The van der Waals surface area contributed by atoms with E-state index in [1.165, 1.54) is 38.5 Å². The van der Waals surface area contributed by atoms with Gasteiger partial charge < -0.3 is 4.90 Å². The molecule has 19 heavy (non-hydrogen) atoms. The predicted molar refractivity (Wildman–Crippen MR) is 79.9 cm³/mol. The first-order valence-electron chi connectivity index (χ1n) is 8.19. The van der Waals surface area contributed by atoms with Crippen molar-refractivity contribution in [2.45, 2.75) is 78.7 Å². The maximum atomic E-state index is 12.6. The fourth-order valence-corrected chi connectivity index (χ4v) is 3.62. The van der Waals surface area contributed by atoms with Crippen LogP contribution in [0.3, 0.4) is 0 Å². The molecule has 1 aliphatic heterocycles. The van der Waals surface area contributed by atoms with Gasteiger partial charge >= 0.3 is 0 Å². The Labute approximate surface area is 118 Å². The molecule has 0 aromatic rings. The monoisotopic (exact) mass is 265 g/mol. The van der Waals surface area contributed by atoms with E-state index in [1.54, 1.807) is 0 Å². The zero-order valence-electron chi connectivity index (χ0n) is 13.2. The van der Waals surface area contributed by atoms with Crippen LogP contribution in [0, 0.1) is 17.3 Å². The number of hydrogen-bond donors (Lipinski definition) is 0. The van der Waals surface area contributed by atoms with Crippen LogP contribution in [-0.4, -0.2) is 23.4 Å². The van der Waals surface area contributed by atoms with Crippen LogP contribution in [0.2, 0.25) is 0 Å². The third-order valence-electron chi connectivity index (χ3n) is 5.52.